The monoisotopic (exact) mass is 308 g/mol. The van der Waals surface area contributed by atoms with Crippen LogP contribution < -0.4 is 24.0 Å². The number of carbonyl (C=O) groups excluding carboxylic acids is 1. The van der Waals surface area contributed by atoms with Crippen molar-refractivity contribution in [3.8, 4) is 0 Å². The number of rotatable bonds is 6. The number of aliphatic hydroxyl groups is 1. The predicted molar refractivity (Wildman–Crippen MR) is 84.1 cm³/mol. The van der Waals surface area contributed by atoms with Gasteiger partial charge in [-0.15, -0.1) is 11.3 Å². The van der Waals surface area contributed by atoms with Gasteiger partial charge in [-0.25, -0.2) is 0 Å². The number of hydrogen-bond donors (Lipinski definition) is 1. The summed E-state index contributed by atoms with van der Waals surface area (Å²) in [5.74, 6) is -0.794. The van der Waals surface area contributed by atoms with E-state index in [1.807, 2.05) is 24.3 Å². The summed E-state index contributed by atoms with van der Waals surface area (Å²) in [5, 5.41) is 19.6. The minimum atomic E-state index is -1.14. The fraction of sp³-hybridized carbons (Fsp3) is 0.235. The summed E-state index contributed by atoms with van der Waals surface area (Å²) in [5.41, 5.74) is 2.26. The standard InChI is InChI=1S/C17H18O3S.Li/c1-12(10-11-18)14-5-2-13(3-6-14)4-7-15-8-9-16(21-15)17(19)20;/h2-9,12,18H,10-11H2,1H3,(H,19,20);/q;+1/p-1/b7-4+;. The molecule has 0 amide bonds. The van der Waals surface area contributed by atoms with Crippen molar-refractivity contribution >= 4 is 29.5 Å². The molecule has 0 saturated heterocycles. The second kappa shape index (κ2) is 8.97. The van der Waals surface area contributed by atoms with Gasteiger partial charge in [0.2, 0.25) is 0 Å². The van der Waals surface area contributed by atoms with E-state index in [4.69, 9.17) is 5.11 Å². The molecule has 0 fully saturated rings. The van der Waals surface area contributed by atoms with Crippen molar-refractivity contribution in [1.29, 1.82) is 0 Å². The van der Waals surface area contributed by atoms with Gasteiger partial charge in [0, 0.05) is 11.5 Å². The number of benzene rings is 1. The first kappa shape index (κ1) is 18.7. The molecule has 1 heterocycles. The number of aliphatic hydroxyl groups excluding tert-OH is 1. The first-order chi connectivity index (χ1) is 10.1. The third kappa shape index (κ3) is 5.15. The van der Waals surface area contributed by atoms with Crippen molar-refractivity contribution in [1.82, 2.24) is 0 Å². The summed E-state index contributed by atoms with van der Waals surface area (Å²) >= 11 is 1.20. The topological polar surface area (TPSA) is 60.4 Å². The van der Waals surface area contributed by atoms with Gasteiger partial charge >= 0.3 is 18.9 Å². The van der Waals surface area contributed by atoms with Crippen molar-refractivity contribution < 1.29 is 33.9 Å². The van der Waals surface area contributed by atoms with E-state index in [-0.39, 0.29) is 30.3 Å². The van der Waals surface area contributed by atoms with Crippen LogP contribution in [0.25, 0.3) is 12.2 Å². The molecule has 1 unspecified atom stereocenters. The summed E-state index contributed by atoms with van der Waals surface area (Å²) in [6.07, 6.45) is 4.60. The molecule has 0 bridgehead atoms. The van der Waals surface area contributed by atoms with Gasteiger partial charge in [-0.05, 0) is 41.7 Å². The molecule has 1 aromatic carbocycles. The second-order valence-electron chi connectivity index (χ2n) is 4.90. The molecule has 5 heteroatoms. The van der Waals surface area contributed by atoms with Gasteiger partial charge in [-0.3, -0.25) is 0 Å². The Morgan fingerprint density at radius 1 is 1.23 bits per heavy atom. The number of hydrogen-bond acceptors (Lipinski definition) is 4. The third-order valence-electron chi connectivity index (χ3n) is 3.34. The van der Waals surface area contributed by atoms with Gasteiger partial charge < -0.3 is 15.0 Å². The molecule has 0 spiro atoms. The van der Waals surface area contributed by atoms with Crippen molar-refractivity contribution in [2.75, 3.05) is 6.61 Å². The Morgan fingerprint density at radius 2 is 1.91 bits per heavy atom. The normalized spacial score (nSPS) is 12.1. The largest absolute Gasteiger partial charge is 1.00 e. The van der Waals surface area contributed by atoms with Crippen LogP contribution in [0.3, 0.4) is 0 Å². The van der Waals surface area contributed by atoms with Gasteiger partial charge in [-0.1, -0.05) is 37.3 Å². The second-order valence-corrected chi connectivity index (χ2v) is 6.02. The van der Waals surface area contributed by atoms with Crippen LogP contribution in [0.2, 0.25) is 0 Å². The Labute approximate surface area is 146 Å². The van der Waals surface area contributed by atoms with Crippen molar-refractivity contribution in [2.45, 2.75) is 19.3 Å². The minimum Gasteiger partial charge on any atom is -0.544 e. The van der Waals surface area contributed by atoms with Crippen LogP contribution in [0.15, 0.2) is 36.4 Å². The summed E-state index contributed by atoms with van der Waals surface area (Å²) in [6.45, 7) is 2.29. The average Bonchev–Trinajstić information content (AvgIpc) is 2.95. The fourth-order valence-corrected chi connectivity index (χ4v) is 2.77. The van der Waals surface area contributed by atoms with Gasteiger partial charge in [0.05, 0.1) is 10.8 Å². The molecule has 0 aliphatic rings. The smallest absolute Gasteiger partial charge is 0.544 e. The van der Waals surface area contributed by atoms with Crippen LogP contribution in [-0.2, 0) is 0 Å². The molecule has 0 radical (unpaired) electrons. The maximum atomic E-state index is 10.7. The Bertz CT molecular complexity index is 632. The molecule has 2 aromatic rings. The third-order valence-corrected chi connectivity index (χ3v) is 4.37. The van der Waals surface area contributed by atoms with Crippen LogP contribution in [-0.4, -0.2) is 17.7 Å². The Balaban J connectivity index is 0.00000242. The number of aromatic carboxylic acids is 1. The van der Waals surface area contributed by atoms with E-state index in [1.165, 1.54) is 16.9 Å². The van der Waals surface area contributed by atoms with Crippen LogP contribution in [0.1, 0.15) is 44.9 Å². The van der Waals surface area contributed by atoms with Crippen LogP contribution in [0.5, 0.6) is 0 Å². The fourth-order valence-electron chi connectivity index (χ4n) is 2.03. The number of carboxylic acids is 1. The number of carbonyl (C=O) groups is 1. The Kier molecular flexibility index (Phi) is 7.64. The van der Waals surface area contributed by atoms with Crippen molar-refractivity contribution in [2.24, 2.45) is 0 Å². The Hall–Kier alpha value is -1.31. The zero-order valence-electron chi connectivity index (χ0n) is 12.8. The molecule has 110 valence electrons. The average molecular weight is 308 g/mol. The number of carboxylic acid groups (broad SMARTS) is 1. The van der Waals surface area contributed by atoms with Crippen LogP contribution in [0.4, 0.5) is 0 Å². The van der Waals surface area contributed by atoms with Gasteiger partial charge in [0.1, 0.15) is 0 Å². The molecular formula is C17H17LiO3S. The van der Waals surface area contributed by atoms with E-state index in [9.17, 15) is 9.90 Å². The summed E-state index contributed by atoms with van der Waals surface area (Å²) in [7, 11) is 0. The molecule has 1 aromatic heterocycles. The van der Waals surface area contributed by atoms with E-state index in [2.05, 4.69) is 19.1 Å². The molecule has 0 aliphatic carbocycles. The number of thiophene rings is 1. The zero-order valence-corrected chi connectivity index (χ0v) is 13.6. The summed E-state index contributed by atoms with van der Waals surface area (Å²) in [4.78, 5) is 11.8. The van der Waals surface area contributed by atoms with Gasteiger partial charge in [0.25, 0.3) is 0 Å². The van der Waals surface area contributed by atoms with Crippen molar-refractivity contribution in [3.63, 3.8) is 0 Å². The molecule has 1 N–H and O–H groups in total. The Morgan fingerprint density at radius 3 is 2.45 bits per heavy atom. The van der Waals surface area contributed by atoms with E-state index >= 15 is 0 Å². The molecule has 3 nitrogen and oxygen atoms in total. The van der Waals surface area contributed by atoms with Crippen molar-refractivity contribution in [3.05, 3.63) is 57.3 Å². The van der Waals surface area contributed by atoms with Gasteiger partial charge in [-0.2, -0.15) is 0 Å². The quantitative estimate of drug-likeness (QED) is 0.750. The maximum absolute atomic E-state index is 10.7. The molecule has 1 atom stereocenters. The predicted octanol–water partition coefficient (Wildman–Crippen LogP) is -0.228. The zero-order chi connectivity index (χ0) is 15.2. The van der Waals surface area contributed by atoms with Gasteiger partial charge in [0.15, 0.2) is 0 Å². The van der Waals surface area contributed by atoms with E-state index in [1.54, 1.807) is 12.1 Å². The minimum absolute atomic E-state index is 0. The summed E-state index contributed by atoms with van der Waals surface area (Å²) in [6, 6.07) is 11.5. The molecule has 22 heavy (non-hydrogen) atoms. The first-order valence-corrected chi connectivity index (χ1v) is 7.62. The van der Waals surface area contributed by atoms with Crippen LogP contribution >= 0.6 is 11.3 Å². The molecule has 0 aliphatic heterocycles. The molecule has 0 saturated carbocycles. The van der Waals surface area contributed by atoms with E-state index in [0.29, 0.717) is 5.92 Å². The van der Waals surface area contributed by atoms with Crippen LogP contribution in [0, 0.1) is 0 Å². The maximum Gasteiger partial charge on any atom is 1.00 e. The van der Waals surface area contributed by atoms with E-state index in [0.717, 1.165) is 16.9 Å². The first-order valence-electron chi connectivity index (χ1n) is 6.80. The SMILES string of the molecule is CC(CCO)c1ccc(/C=C/c2ccc(C(=O)[O-])s2)cc1.[Li+]. The molecular weight excluding hydrogens is 291 g/mol. The van der Waals surface area contributed by atoms with E-state index < -0.39 is 5.97 Å². The summed E-state index contributed by atoms with van der Waals surface area (Å²) < 4.78 is 0. The molecule has 2 rings (SSSR count).